The number of hydrogen-bond donors (Lipinski definition) is 0. The third kappa shape index (κ3) is 8.23. The van der Waals surface area contributed by atoms with Crippen LogP contribution < -0.4 is 4.90 Å². The van der Waals surface area contributed by atoms with Gasteiger partial charge in [0.05, 0.1) is 16.2 Å². The molecule has 0 heterocycles. The number of carbonyl (C=O) groups is 2. The Morgan fingerprint density at radius 2 is 1.47 bits per heavy atom. The van der Waals surface area contributed by atoms with E-state index in [0.29, 0.717) is 11.0 Å². The minimum absolute atomic E-state index is 0.192. The largest absolute Gasteiger partial charge is 0.444 e. The van der Waals surface area contributed by atoms with Gasteiger partial charge < -0.3 is 14.4 Å². The fourth-order valence-corrected chi connectivity index (χ4v) is 2.41. The van der Waals surface area contributed by atoms with Gasteiger partial charge in [-0.25, -0.2) is 9.59 Å². The van der Waals surface area contributed by atoms with Crippen molar-refractivity contribution in [3.63, 3.8) is 0 Å². The molecular formula is C20H28F3N3O6. The molecule has 1 rings (SSSR count). The Hall–Kier alpha value is -3.05. The molecule has 0 unspecified atom stereocenters. The summed E-state index contributed by atoms with van der Waals surface area (Å²) in [6.07, 6.45) is -6.82. The fraction of sp³-hybridized carbons (Fsp3) is 0.600. The smallest absolute Gasteiger partial charge is 0.418 e. The molecule has 0 atom stereocenters. The second-order valence-corrected chi connectivity index (χ2v) is 8.99. The van der Waals surface area contributed by atoms with Crippen molar-refractivity contribution in [1.29, 1.82) is 0 Å². The summed E-state index contributed by atoms with van der Waals surface area (Å²) in [5.74, 6) is 0. The van der Waals surface area contributed by atoms with Crippen molar-refractivity contribution < 1.29 is 37.2 Å². The number of ether oxygens (including phenoxy) is 2. The molecule has 0 fully saturated rings. The monoisotopic (exact) mass is 463 g/mol. The number of rotatable bonds is 5. The third-order valence-corrected chi connectivity index (χ3v) is 3.77. The van der Waals surface area contributed by atoms with Gasteiger partial charge in [-0.1, -0.05) is 0 Å². The van der Waals surface area contributed by atoms with E-state index in [1.807, 2.05) is 0 Å². The predicted molar refractivity (Wildman–Crippen MR) is 111 cm³/mol. The highest BCUT2D eigenvalue weighted by Crippen LogP contribution is 2.39. The molecule has 0 aliphatic carbocycles. The number of non-ortho nitro benzene ring substituents is 1. The summed E-state index contributed by atoms with van der Waals surface area (Å²) >= 11 is 0. The van der Waals surface area contributed by atoms with Crippen LogP contribution in [0.5, 0.6) is 0 Å². The number of carbonyl (C=O) groups excluding carboxylic acids is 2. The van der Waals surface area contributed by atoms with Gasteiger partial charge in [-0.15, -0.1) is 0 Å². The molecule has 0 radical (unpaired) electrons. The lowest BCUT2D eigenvalue weighted by molar-refractivity contribution is -0.385. The van der Waals surface area contributed by atoms with Crippen LogP contribution in [0.4, 0.5) is 34.1 Å². The van der Waals surface area contributed by atoms with Gasteiger partial charge in [0, 0.05) is 32.3 Å². The molecule has 32 heavy (non-hydrogen) atoms. The van der Waals surface area contributed by atoms with Crippen molar-refractivity contribution in [2.24, 2.45) is 0 Å². The number of alkyl halides is 3. The number of nitro groups is 1. The molecule has 0 aliphatic rings. The first-order chi connectivity index (χ1) is 14.3. The van der Waals surface area contributed by atoms with E-state index in [9.17, 15) is 32.9 Å². The molecule has 0 saturated carbocycles. The fourth-order valence-electron chi connectivity index (χ4n) is 2.41. The Bertz CT molecular complexity index is 860. The third-order valence-electron chi connectivity index (χ3n) is 3.77. The number of benzene rings is 1. The van der Waals surface area contributed by atoms with Crippen LogP contribution in [0.25, 0.3) is 0 Å². The van der Waals surface area contributed by atoms with E-state index in [2.05, 4.69) is 0 Å². The van der Waals surface area contributed by atoms with Crippen molar-refractivity contribution >= 4 is 23.6 Å². The van der Waals surface area contributed by atoms with Gasteiger partial charge in [0.25, 0.3) is 5.69 Å². The molecule has 0 aromatic heterocycles. The average Bonchev–Trinajstić information content (AvgIpc) is 2.57. The zero-order valence-electron chi connectivity index (χ0n) is 19.1. The minimum Gasteiger partial charge on any atom is -0.444 e. The maximum Gasteiger partial charge on any atom is 0.418 e. The summed E-state index contributed by atoms with van der Waals surface area (Å²) in [5, 5.41) is 11.0. The summed E-state index contributed by atoms with van der Waals surface area (Å²) in [5.41, 5.74) is -4.60. The number of halogens is 3. The average molecular weight is 463 g/mol. The molecule has 0 aliphatic heterocycles. The summed E-state index contributed by atoms with van der Waals surface area (Å²) in [6, 6.07) is 2.04. The highest BCUT2D eigenvalue weighted by Gasteiger charge is 2.38. The van der Waals surface area contributed by atoms with Crippen molar-refractivity contribution in [1.82, 2.24) is 4.90 Å². The van der Waals surface area contributed by atoms with Crippen molar-refractivity contribution in [2.75, 3.05) is 25.0 Å². The molecule has 1 aromatic rings. The van der Waals surface area contributed by atoms with Gasteiger partial charge in [0.1, 0.15) is 11.2 Å². The molecule has 9 nitrogen and oxygen atoms in total. The number of nitrogens with zero attached hydrogens (tertiary/aromatic N) is 3. The lowest BCUT2D eigenvalue weighted by atomic mass is 10.1. The molecule has 1 aromatic carbocycles. The van der Waals surface area contributed by atoms with E-state index in [1.54, 1.807) is 20.8 Å². The van der Waals surface area contributed by atoms with E-state index in [0.717, 1.165) is 17.0 Å². The lowest BCUT2D eigenvalue weighted by Gasteiger charge is -2.31. The van der Waals surface area contributed by atoms with Crippen LogP contribution in [-0.2, 0) is 15.7 Å². The minimum atomic E-state index is -4.99. The van der Waals surface area contributed by atoms with E-state index in [-0.39, 0.29) is 13.1 Å². The number of likely N-dealkylation sites (N-methyl/N-ethyl adjacent to an activating group) is 1. The predicted octanol–water partition coefficient (Wildman–Crippen LogP) is 5.22. The van der Waals surface area contributed by atoms with Crippen LogP contribution in [0.2, 0.25) is 0 Å². The summed E-state index contributed by atoms with van der Waals surface area (Å²) in [6.45, 7) is 8.99. The molecule has 0 bridgehead atoms. The van der Waals surface area contributed by atoms with Crippen molar-refractivity contribution in [2.45, 2.75) is 58.9 Å². The normalized spacial score (nSPS) is 12.2. The van der Waals surface area contributed by atoms with Gasteiger partial charge in [0.2, 0.25) is 0 Å². The van der Waals surface area contributed by atoms with Gasteiger partial charge in [-0.2, -0.15) is 13.2 Å². The van der Waals surface area contributed by atoms with E-state index in [1.165, 1.54) is 27.8 Å². The second-order valence-electron chi connectivity index (χ2n) is 8.99. The maximum absolute atomic E-state index is 13.7. The second kappa shape index (κ2) is 9.61. The zero-order valence-corrected chi connectivity index (χ0v) is 19.1. The number of hydrogen-bond acceptors (Lipinski definition) is 6. The molecule has 12 heteroatoms. The van der Waals surface area contributed by atoms with Gasteiger partial charge in [0.15, 0.2) is 0 Å². The molecule has 0 spiro atoms. The van der Waals surface area contributed by atoms with Crippen molar-refractivity contribution in [3.8, 4) is 0 Å². The molecular weight excluding hydrogens is 435 g/mol. The SMILES string of the molecule is CN(CCN(C(=O)OC(C)(C)C)c1ccc([N+](=O)[O-])cc1C(F)(F)F)C(=O)OC(C)(C)C. The van der Waals surface area contributed by atoms with Gasteiger partial charge in [-0.3, -0.25) is 15.0 Å². The molecule has 180 valence electrons. The maximum atomic E-state index is 13.7. The Balaban J connectivity index is 3.35. The Kier molecular flexibility index (Phi) is 8.11. The first-order valence-corrected chi connectivity index (χ1v) is 9.62. The van der Waals surface area contributed by atoms with Gasteiger partial charge >= 0.3 is 18.4 Å². The van der Waals surface area contributed by atoms with E-state index in [4.69, 9.17) is 9.47 Å². The molecule has 0 saturated heterocycles. The van der Waals surface area contributed by atoms with Crippen LogP contribution in [0, 0.1) is 10.1 Å². The Morgan fingerprint density at radius 3 is 1.91 bits per heavy atom. The zero-order chi connectivity index (χ0) is 25.1. The summed E-state index contributed by atoms with van der Waals surface area (Å²) in [7, 11) is 1.36. The van der Waals surface area contributed by atoms with E-state index >= 15 is 0 Å². The number of amides is 2. The van der Waals surface area contributed by atoms with E-state index < -0.39 is 51.4 Å². The molecule has 0 N–H and O–H groups in total. The van der Waals surface area contributed by atoms with Crippen LogP contribution >= 0.6 is 0 Å². The van der Waals surface area contributed by atoms with Crippen LogP contribution in [0.15, 0.2) is 18.2 Å². The topological polar surface area (TPSA) is 102 Å². The van der Waals surface area contributed by atoms with Crippen LogP contribution in [0.1, 0.15) is 47.1 Å². The van der Waals surface area contributed by atoms with Gasteiger partial charge in [-0.05, 0) is 47.6 Å². The molecule has 2 amide bonds. The van der Waals surface area contributed by atoms with Crippen LogP contribution in [-0.4, -0.2) is 53.3 Å². The Morgan fingerprint density at radius 1 is 0.969 bits per heavy atom. The highest BCUT2D eigenvalue weighted by atomic mass is 19.4. The van der Waals surface area contributed by atoms with Crippen molar-refractivity contribution in [3.05, 3.63) is 33.9 Å². The summed E-state index contributed by atoms with van der Waals surface area (Å²) in [4.78, 5) is 36.7. The number of anilines is 1. The lowest BCUT2D eigenvalue weighted by Crippen LogP contribution is -2.44. The summed E-state index contributed by atoms with van der Waals surface area (Å²) < 4.78 is 51.5. The number of nitro benzene ring substituents is 1. The first kappa shape index (κ1) is 27.0. The highest BCUT2D eigenvalue weighted by molar-refractivity contribution is 5.89. The first-order valence-electron chi connectivity index (χ1n) is 9.62. The Labute approximate surface area is 184 Å². The quantitative estimate of drug-likeness (QED) is 0.438. The standard InChI is InChI=1S/C20H28F3N3O6/c1-18(2,3)31-16(27)24(7)10-11-25(17(28)32-19(4,5)6)15-9-8-13(26(29)30)12-14(15)20(21,22)23/h8-9,12H,10-11H2,1-7H3. The van der Waals surface area contributed by atoms with Crippen LogP contribution in [0.3, 0.4) is 0 Å².